The zero-order valence-electron chi connectivity index (χ0n) is 17.8. The molecule has 1 atom stereocenters. The van der Waals surface area contributed by atoms with Gasteiger partial charge in [0, 0.05) is 33.8 Å². The average Bonchev–Trinajstić information content (AvgIpc) is 3.16. The molecule has 1 N–H and O–H groups in total. The number of anilines is 1. The van der Waals surface area contributed by atoms with E-state index in [-0.39, 0.29) is 17.2 Å². The molecule has 1 aromatic heterocycles. The van der Waals surface area contributed by atoms with Gasteiger partial charge in [-0.1, -0.05) is 41.9 Å². The number of carbonyl (C=O) groups is 1. The maximum Gasteiger partial charge on any atom is 0.163 e. The number of allylic oxidation sites excluding steroid dienone is 2. The van der Waals surface area contributed by atoms with Gasteiger partial charge in [0.1, 0.15) is 17.6 Å². The number of ketones is 1. The molecule has 2 aliphatic rings. The number of fused-ring (bicyclic) bond motifs is 1. The van der Waals surface area contributed by atoms with Crippen LogP contribution in [0.25, 0.3) is 11.3 Å². The van der Waals surface area contributed by atoms with Crippen molar-refractivity contribution in [1.29, 1.82) is 0 Å². The highest BCUT2D eigenvalue weighted by Gasteiger charge is 2.41. The van der Waals surface area contributed by atoms with Gasteiger partial charge in [0.05, 0.1) is 12.8 Å². The van der Waals surface area contributed by atoms with Gasteiger partial charge in [-0.15, -0.1) is 0 Å². The number of benzene rings is 2. The summed E-state index contributed by atoms with van der Waals surface area (Å²) in [6.45, 7) is 4.30. The Hall–Kier alpha value is -2.86. The number of Topliss-reactive ketones (excluding diaryl/α,β-unsaturated/α-hetero) is 1. The van der Waals surface area contributed by atoms with Crippen LogP contribution in [-0.4, -0.2) is 22.7 Å². The van der Waals surface area contributed by atoms with Crippen LogP contribution in [0.4, 0.5) is 5.82 Å². The molecule has 0 bridgehead atoms. The van der Waals surface area contributed by atoms with Crippen molar-refractivity contribution in [3.8, 4) is 17.0 Å². The van der Waals surface area contributed by atoms with E-state index in [1.807, 2.05) is 41.1 Å². The summed E-state index contributed by atoms with van der Waals surface area (Å²) in [4.78, 5) is 13.3. The first-order valence-electron chi connectivity index (χ1n) is 10.4. The molecule has 158 valence electrons. The van der Waals surface area contributed by atoms with Crippen molar-refractivity contribution in [2.45, 2.75) is 32.7 Å². The van der Waals surface area contributed by atoms with Crippen molar-refractivity contribution < 1.29 is 9.53 Å². The van der Waals surface area contributed by atoms with E-state index in [1.54, 1.807) is 7.11 Å². The van der Waals surface area contributed by atoms with Crippen molar-refractivity contribution in [2.24, 2.45) is 5.41 Å². The quantitative estimate of drug-likeness (QED) is 0.503. The number of hydrogen-bond donors (Lipinski definition) is 1. The van der Waals surface area contributed by atoms with E-state index in [4.69, 9.17) is 9.84 Å². The van der Waals surface area contributed by atoms with Gasteiger partial charge in [0.15, 0.2) is 5.78 Å². The Morgan fingerprint density at radius 2 is 1.81 bits per heavy atom. The summed E-state index contributed by atoms with van der Waals surface area (Å²) in [5.74, 6) is 1.91. The molecule has 1 aliphatic heterocycles. The fraction of sp³-hybridized carbons (Fsp3) is 0.280. The maximum atomic E-state index is 13.3. The summed E-state index contributed by atoms with van der Waals surface area (Å²) >= 11 is 3.52. The number of rotatable bonds is 3. The average molecular weight is 478 g/mol. The van der Waals surface area contributed by atoms with Crippen LogP contribution in [0.15, 0.2) is 70.3 Å². The van der Waals surface area contributed by atoms with Crippen LogP contribution in [-0.2, 0) is 4.79 Å². The van der Waals surface area contributed by atoms with Gasteiger partial charge in [0.2, 0.25) is 0 Å². The molecular formula is C25H24BrN3O2. The lowest BCUT2D eigenvalue weighted by Gasteiger charge is -2.38. The number of nitrogens with one attached hydrogen (secondary N) is 1. The Balaban J connectivity index is 1.64. The lowest BCUT2D eigenvalue weighted by atomic mass is 9.73. The van der Waals surface area contributed by atoms with Crippen molar-refractivity contribution in [2.75, 3.05) is 12.4 Å². The normalized spacial score (nSPS) is 19.5. The minimum absolute atomic E-state index is 0.0613. The fourth-order valence-electron chi connectivity index (χ4n) is 4.58. The van der Waals surface area contributed by atoms with Gasteiger partial charge in [-0.2, -0.15) is 5.10 Å². The van der Waals surface area contributed by atoms with E-state index >= 15 is 0 Å². The molecule has 5 nitrogen and oxygen atoms in total. The van der Waals surface area contributed by atoms with Crippen molar-refractivity contribution in [3.05, 3.63) is 75.9 Å². The van der Waals surface area contributed by atoms with Crippen LogP contribution in [0.2, 0.25) is 0 Å². The van der Waals surface area contributed by atoms with Gasteiger partial charge in [-0.25, -0.2) is 4.68 Å². The smallest absolute Gasteiger partial charge is 0.163 e. The molecule has 1 aliphatic carbocycles. The lowest BCUT2D eigenvalue weighted by Crippen LogP contribution is -2.36. The Kier molecular flexibility index (Phi) is 4.77. The zero-order valence-corrected chi connectivity index (χ0v) is 19.4. The summed E-state index contributed by atoms with van der Waals surface area (Å²) in [5.41, 5.74) is 4.70. The van der Waals surface area contributed by atoms with E-state index in [1.165, 1.54) is 0 Å². The van der Waals surface area contributed by atoms with Crippen LogP contribution in [0.1, 0.15) is 38.3 Å². The summed E-state index contributed by atoms with van der Waals surface area (Å²) in [6.07, 6.45) is 1.38. The molecule has 0 amide bonds. The largest absolute Gasteiger partial charge is 0.497 e. The predicted octanol–water partition coefficient (Wildman–Crippen LogP) is 5.98. The van der Waals surface area contributed by atoms with E-state index in [0.717, 1.165) is 50.6 Å². The maximum absolute atomic E-state index is 13.3. The number of ether oxygens (including phenoxy) is 1. The number of hydrogen-bond acceptors (Lipinski definition) is 4. The van der Waals surface area contributed by atoms with E-state index < -0.39 is 0 Å². The minimum atomic E-state index is -0.241. The van der Waals surface area contributed by atoms with Crippen LogP contribution in [0.5, 0.6) is 5.75 Å². The molecule has 3 aromatic rings. The molecule has 0 saturated heterocycles. The molecule has 0 saturated carbocycles. The van der Waals surface area contributed by atoms with Crippen molar-refractivity contribution in [1.82, 2.24) is 9.78 Å². The fourth-order valence-corrected chi connectivity index (χ4v) is 4.85. The Bertz CT molecular complexity index is 1190. The first-order valence-corrected chi connectivity index (χ1v) is 11.2. The predicted molar refractivity (Wildman–Crippen MR) is 125 cm³/mol. The lowest BCUT2D eigenvalue weighted by molar-refractivity contribution is -0.118. The SMILES string of the molecule is COc1ccc(-c2cc3n(n2)C(c2ccc(Br)cc2)C2=C(CC(C)(C)CC2=O)N3)cc1. The highest BCUT2D eigenvalue weighted by Crippen LogP contribution is 2.46. The second kappa shape index (κ2) is 7.38. The molecule has 31 heavy (non-hydrogen) atoms. The highest BCUT2D eigenvalue weighted by atomic mass is 79.9. The third kappa shape index (κ3) is 3.59. The molecule has 0 radical (unpaired) electrons. The third-order valence-electron chi connectivity index (χ3n) is 6.02. The number of halogens is 1. The summed E-state index contributed by atoms with van der Waals surface area (Å²) in [5, 5.41) is 8.47. The number of methoxy groups -OCH3 is 1. The monoisotopic (exact) mass is 477 g/mol. The molecule has 0 fully saturated rings. The molecule has 0 spiro atoms. The first kappa shape index (κ1) is 20.1. The summed E-state index contributed by atoms with van der Waals surface area (Å²) < 4.78 is 8.25. The molecular weight excluding hydrogens is 454 g/mol. The van der Waals surface area contributed by atoms with Crippen LogP contribution >= 0.6 is 15.9 Å². The number of aromatic nitrogens is 2. The Morgan fingerprint density at radius 1 is 1.10 bits per heavy atom. The van der Waals surface area contributed by atoms with Crippen LogP contribution in [0, 0.1) is 5.41 Å². The summed E-state index contributed by atoms with van der Waals surface area (Å²) in [6, 6.07) is 17.9. The number of nitrogens with zero attached hydrogens (tertiary/aromatic N) is 2. The van der Waals surface area contributed by atoms with E-state index in [9.17, 15) is 4.79 Å². The molecule has 2 aromatic carbocycles. The Labute approximate surface area is 190 Å². The second-order valence-electron chi connectivity index (χ2n) is 9.00. The zero-order chi connectivity index (χ0) is 21.8. The highest BCUT2D eigenvalue weighted by molar-refractivity contribution is 9.10. The summed E-state index contributed by atoms with van der Waals surface area (Å²) in [7, 11) is 1.66. The second-order valence-corrected chi connectivity index (χ2v) is 9.92. The molecule has 1 unspecified atom stereocenters. The van der Waals surface area contributed by atoms with Gasteiger partial charge < -0.3 is 10.1 Å². The van der Waals surface area contributed by atoms with Crippen LogP contribution in [0.3, 0.4) is 0 Å². The first-order chi connectivity index (χ1) is 14.8. The van der Waals surface area contributed by atoms with Gasteiger partial charge in [-0.3, -0.25) is 4.79 Å². The third-order valence-corrected chi connectivity index (χ3v) is 6.55. The van der Waals surface area contributed by atoms with Gasteiger partial charge in [-0.05, 0) is 53.8 Å². The van der Waals surface area contributed by atoms with Gasteiger partial charge >= 0.3 is 0 Å². The van der Waals surface area contributed by atoms with E-state index in [0.29, 0.717) is 6.42 Å². The number of carbonyl (C=O) groups excluding carboxylic acids is 1. The molecule has 2 heterocycles. The topological polar surface area (TPSA) is 56.2 Å². The molecule has 5 rings (SSSR count). The van der Waals surface area contributed by atoms with Gasteiger partial charge in [0.25, 0.3) is 0 Å². The Morgan fingerprint density at radius 3 is 2.48 bits per heavy atom. The van der Waals surface area contributed by atoms with Crippen molar-refractivity contribution >= 4 is 27.5 Å². The van der Waals surface area contributed by atoms with E-state index in [2.05, 4.69) is 53.3 Å². The minimum Gasteiger partial charge on any atom is -0.497 e. The molecule has 6 heteroatoms. The standard InChI is InChI=1S/C25H24BrN3O2/c1-25(2)13-20-23(21(30)14-25)24(16-4-8-17(26)9-5-16)29-22(27-20)12-19(28-29)15-6-10-18(31-3)11-7-15/h4-12,24,27H,13-14H2,1-3H3. The van der Waals surface area contributed by atoms with Crippen LogP contribution < -0.4 is 10.1 Å². The van der Waals surface area contributed by atoms with Crippen molar-refractivity contribution in [3.63, 3.8) is 0 Å².